The average Bonchev–Trinajstić information content (AvgIpc) is 2.69. The van der Waals surface area contributed by atoms with Crippen LogP contribution < -0.4 is 10.6 Å². The van der Waals surface area contributed by atoms with Crippen LogP contribution in [0.5, 0.6) is 0 Å². The highest BCUT2D eigenvalue weighted by Gasteiger charge is 2.39. The van der Waals surface area contributed by atoms with Gasteiger partial charge in [0.05, 0.1) is 0 Å². The Morgan fingerprint density at radius 2 is 2.00 bits per heavy atom. The van der Waals surface area contributed by atoms with Gasteiger partial charge in [0.2, 0.25) is 0 Å². The molecule has 1 heterocycles. The number of nitrogens with two attached hydrogens (primary N) is 1. The maximum Gasteiger partial charge on any atom is 0.123 e. The van der Waals surface area contributed by atoms with Gasteiger partial charge in [0.25, 0.3) is 0 Å². The Morgan fingerprint density at radius 3 is 2.71 bits per heavy atom. The van der Waals surface area contributed by atoms with E-state index in [9.17, 15) is 4.39 Å². The number of anilines is 1. The highest BCUT2D eigenvalue weighted by Crippen LogP contribution is 2.41. The summed E-state index contributed by atoms with van der Waals surface area (Å²) < 4.78 is 12.9. The molecule has 1 aromatic carbocycles. The first-order chi connectivity index (χ1) is 8.28. The van der Waals surface area contributed by atoms with Crippen LogP contribution in [0, 0.1) is 17.7 Å². The SMILES string of the molecule is NCC1CCC2CC1CN2c1ccc(F)cc1. The third-order valence-corrected chi connectivity index (χ3v) is 4.45. The van der Waals surface area contributed by atoms with Crippen molar-refractivity contribution in [1.29, 1.82) is 0 Å². The number of hydrogen-bond acceptors (Lipinski definition) is 2. The Hall–Kier alpha value is -1.09. The minimum atomic E-state index is -0.157. The van der Waals surface area contributed by atoms with Crippen LogP contribution in [0.25, 0.3) is 0 Å². The summed E-state index contributed by atoms with van der Waals surface area (Å²) in [4.78, 5) is 2.44. The fourth-order valence-corrected chi connectivity index (χ4v) is 3.47. The first-order valence-corrected chi connectivity index (χ1v) is 6.50. The van der Waals surface area contributed by atoms with E-state index in [1.165, 1.54) is 19.3 Å². The molecule has 1 saturated heterocycles. The molecular formula is C14H19FN2. The molecule has 2 fully saturated rings. The molecule has 0 aromatic heterocycles. The van der Waals surface area contributed by atoms with Gasteiger partial charge in [0.15, 0.2) is 0 Å². The molecule has 0 radical (unpaired) electrons. The Balaban J connectivity index is 1.80. The molecule has 92 valence electrons. The van der Waals surface area contributed by atoms with E-state index in [4.69, 9.17) is 5.73 Å². The number of halogens is 1. The molecule has 2 bridgehead atoms. The number of hydrogen-bond donors (Lipinski definition) is 1. The van der Waals surface area contributed by atoms with Gasteiger partial charge in [-0.2, -0.15) is 0 Å². The molecule has 3 heteroatoms. The second-order valence-corrected chi connectivity index (χ2v) is 5.35. The van der Waals surface area contributed by atoms with E-state index in [1.54, 1.807) is 12.1 Å². The summed E-state index contributed by atoms with van der Waals surface area (Å²) in [5, 5.41) is 0. The lowest BCUT2D eigenvalue weighted by Gasteiger charge is -2.28. The summed E-state index contributed by atoms with van der Waals surface area (Å²) in [7, 11) is 0. The Labute approximate surface area is 102 Å². The summed E-state index contributed by atoms with van der Waals surface area (Å²) >= 11 is 0. The predicted octanol–water partition coefficient (Wildman–Crippen LogP) is 2.39. The summed E-state index contributed by atoms with van der Waals surface area (Å²) in [5.74, 6) is 1.27. The molecule has 2 aliphatic rings. The van der Waals surface area contributed by atoms with Gasteiger partial charge in [0, 0.05) is 18.3 Å². The largest absolute Gasteiger partial charge is 0.368 e. The molecule has 2 N–H and O–H groups in total. The molecule has 0 amide bonds. The van der Waals surface area contributed by atoms with Crippen molar-refractivity contribution in [3.63, 3.8) is 0 Å². The van der Waals surface area contributed by atoms with Crippen LogP contribution >= 0.6 is 0 Å². The van der Waals surface area contributed by atoms with Gasteiger partial charge in [-0.1, -0.05) is 0 Å². The van der Waals surface area contributed by atoms with Crippen LogP contribution in [0.1, 0.15) is 19.3 Å². The lowest BCUT2D eigenvalue weighted by molar-refractivity contribution is 0.287. The van der Waals surface area contributed by atoms with Crippen molar-refractivity contribution in [2.24, 2.45) is 17.6 Å². The molecule has 1 aromatic rings. The molecule has 17 heavy (non-hydrogen) atoms. The average molecular weight is 234 g/mol. The van der Waals surface area contributed by atoms with E-state index in [1.807, 2.05) is 12.1 Å². The van der Waals surface area contributed by atoms with Crippen LogP contribution in [0.4, 0.5) is 10.1 Å². The number of benzene rings is 1. The minimum absolute atomic E-state index is 0.157. The molecular weight excluding hydrogens is 215 g/mol. The third kappa shape index (κ3) is 1.93. The molecule has 0 spiro atoms. The van der Waals surface area contributed by atoms with Gasteiger partial charge in [-0.3, -0.25) is 0 Å². The zero-order valence-electron chi connectivity index (χ0n) is 9.98. The molecule has 1 aliphatic carbocycles. The molecule has 3 rings (SSSR count). The lowest BCUT2D eigenvalue weighted by atomic mass is 9.80. The van der Waals surface area contributed by atoms with Crippen LogP contribution in [0.3, 0.4) is 0 Å². The van der Waals surface area contributed by atoms with Gasteiger partial charge >= 0.3 is 0 Å². The van der Waals surface area contributed by atoms with E-state index >= 15 is 0 Å². The predicted molar refractivity (Wildman–Crippen MR) is 67.4 cm³/mol. The fourth-order valence-electron chi connectivity index (χ4n) is 3.47. The Kier molecular flexibility index (Phi) is 2.79. The van der Waals surface area contributed by atoms with E-state index in [0.717, 1.165) is 24.7 Å². The second-order valence-electron chi connectivity index (χ2n) is 5.35. The zero-order chi connectivity index (χ0) is 11.8. The first kappa shape index (κ1) is 11.0. The highest BCUT2D eigenvalue weighted by atomic mass is 19.1. The topological polar surface area (TPSA) is 29.3 Å². The van der Waals surface area contributed by atoms with Crippen LogP contribution in [0.15, 0.2) is 24.3 Å². The summed E-state index contributed by atoms with van der Waals surface area (Å²) in [6.45, 7) is 1.91. The van der Waals surface area contributed by atoms with Crippen molar-refractivity contribution in [1.82, 2.24) is 0 Å². The molecule has 1 aliphatic heterocycles. The highest BCUT2D eigenvalue weighted by molar-refractivity contribution is 5.49. The summed E-state index contributed by atoms with van der Waals surface area (Å²) in [6, 6.07) is 7.55. The van der Waals surface area contributed by atoms with Crippen LogP contribution in [-0.4, -0.2) is 19.1 Å². The van der Waals surface area contributed by atoms with Crippen molar-refractivity contribution in [3.8, 4) is 0 Å². The van der Waals surface area contributed by atoms with Crippen LogP contribution in [0.2, 0.25) is 0 Å². The quantitative estimate of drug-likeness (QED) is 0.851. The Morgan fingerprint density at radius 1 is 1.24 bits per heavy atom. The normalized spacial score (nSPS) is 31.9. The molecule has 1 saturated carbocycles. The molecule has 3 atom stereocenters. The minimum Gasteiger partial charge on any atom is -0.368 e. The second kappa shape index (κ2) is 4.30. The summed E-state index contributed by atoms with van der Waals surface area (Å²) in [6.07, 6.45) is 3.75. The van der Waals surface area contributed by atoms with Gasteiger partial charge in [-0.05, 0) is 61.9 Å². The fraction of sp³-hybridized carbons (Fsp3) is 0.571. The Bertz CT molecular complexity index is 390. The molecule has 3 unspecified atom stereocenters. The standard InChI is InChI=1S/C14H19FN2/c15-12-2-5-13(6-3-12)17-9-11-7-14(17)4-1-10(11)8-16/h2-3,5-6,10-11,14H,1,4,7-9,16H2. The lowest BCUT2D eigenvalue weighted by Crippen LogP contribution is -2.29. The number of nitrogens with zero attached hydrogens (tertiary/aromatic N) is 1. The van der Waals surface area contributed by atoms with Gasteiger partial charge in [0.1, 0.15) is 5.82 Å². The van der Waals surface area contributed by atoms with Gasteiger partial charge in [-0.15, -0.1) is 0 Å². The smallest absolute Gasteiger partial charge is 0.123 e. The van der Waals surface area contributed by atoms with Crippen molar-refractivity contribution in [3.05, 3.63) is 30.1 Å². The van der Waals surface area contributed by atoms with Crippen molar-refractivity contribution < 1.29 is 4.39 Å². The number of rotatable bonds is 2. The van der Waals surface area contributed by atoms with Crippen LogP contribution in [-0.2, 0) is 0 Å². The van der Waals surface area contributed by atoms with Crippen molar-refractivity contribution in [2.75, 3.05) is 18.0 Å². The maximum atomic E-state index is 12.9. The van der Waals surface area contributed by atoms with Crippen molar-refractivity contribution in [2.45, 2.75) is 25.3 Å². The zero-order valence-corrected chi connectivity index (χ0v) is 9.98. The maximum absolute atomic E-state index is 12.9. The van der Waals surface area contributed by atoms with Gasteiger partial charge < -0.3 is 10.6 Å². The molecule has 2 nitrogen and oxygen atoms in total. The summed E-state index contributed by atoms with van der Waals surface area (Å²) in [5.41, 5.74) is 6.99. The van der Waals surface area contributed by atoms with E-state index in [-0.39, 0.29) is 5.82 Å². The van der Waals surface area contributed by atoms with E-state index in [0.29, 0.717) is 12.0 Å². The third-order valence-electron chi connectivity index (χ3n) is 4.45. The van der Waals surface area contributed by atoms with Gasteiger partial charge in [-0.25, -0.2) is 4.39 Å². The monoisotopic (exact) mass is 234 g/mol. The number of fused-ring (bicyclic) bond motifs is 2. The van der Waals surface area contributed by atoms with E-state index < -0.39 is 0 Å². The van der Waals surface area contributed by atoms with Crippen molar-refractivity contribution >= 4 is 5.69 Å². The van der Waals surface area contributed by atoms with E-state index in [2.05, 4.69) is 4.90 Å². The first-order valence-electron chi connectivity index (χ1n) is 6.50.